The van der Waals surface area contributed by atoms with Crippen LogP contribution in [0.1, 0.15) is 10.5 Å². The van der Waals surface area contributed by atoms with E-state index in [-0.39, 0.29) is 11.4 Å². The Morgan fingerprint density at radius 3 is 2.71 bits per heavy atom. The number of amides is 1. The molecule has 35 heavy (non-hydrogen) atoms. The number of hydrazone groups is 1. The van der Waals surface area contributed by atoms with Gasteiger partial charge in [0.1, 0.15) is 17.8 Å². The van der Waals surface area contributed by atoms with Gasteiger partial charge >= 0.3 is 5.97 Å². The highest BCUT2D eigenvalue weighted by Crippen LogP contribution is 2.34. The molecule has 0 atom stereocenters. The Kier molecular flexibility index (Phi) is 10.1. The fraction of sp³-hybridized carbons (Fsp3) is 0.190. The van der Waals surface area contributed by atoms with E-state index in [9.17, 15) is 9.59 Å². The molecule has 1 amide bonds. The molecule has 0 aliphatic carbocycles. The summed E-state index contributed by atoms with van der Waals surface area (Å²) >= 11 is 5.19. The number of thioether (sulfide) groups is 2. The standard InChI is InChI=1S/C21H22N6O4S4/c1-27(11-24-22)12-33-16-8-7-15(34-14-5-3-13(31-2)4-6-14)19(25-16)20(30)26-21-23-9-18(35-21)32-10-17(28)29/h3-9,11H,10,12,22H2,1-2H3,(H,28,29)(H,23,26,30). The summed E-state index contributed by atoms with van der Waals surface area (Å²) in [6.45, 7) is 0. The van der Waals surface area contributed by atoms with Crippen molar-refractivity contribution in [3.8, 4) is 5.75 Å². The van der Waals surface area contributed by atoms with Gasteiger partial charge in [0.2, 0.25) is 0 Å². The molecule has 2 aromatic heterocycles. The number of carbonyl (C=O) groups excluding carboxylic acids is 1. The molecule has 10 nitrogen and oxygen atoms in total. The highest BCUT2D eigenvalue weighted by molar-refractivity contribution is 8.01. The number of aliphatic carboxylic acids is 1. The number of nitrogens with zero attached hydrogens (tertiary/aromatic N) is 4. The first kappa shape index (κ1) is 26.7. The molecular formula is C21H22N6O4S4. The fourth-order valence-corrected chi connectivity index (χ4v) is 5.72. The Bertz CT molecular complexity index is 1190. The van der Waals surface area contributed by atoms with Crippen LogP contribution in [0, 0.1) is 0 Å². The van der Waals surface area contributed by atoms with Crippen molar-refractivity contribution in [3.63, 3.8) is 0 Å². The van der Waals surface area contributed by atoms with E-state index in [0.717, 1.165) is 22.4 Å². The molecule has 3 rings (SSSR count). The third-order valence-electron chi connectivity index (χ3n) is 4.06. The Morgan fingerprint density at radius 1 is 1.26 bits per heavy atom. The molecule has 0 fully saturated rings. The van der Waals surface area contributed by atoms with Gasteiger partial charge in [-0.3, -0.25) is 14.9 Å². The zero-order valence-corrected chi connectivity index (χ0v) is 22.0. The highest BCUT2D eigenvalue weighted by atomic mass is 32.2. The van der Waals surface area contributed by atoms with E-state index in [1.807, 2.05) is 43.4 Å². The molecule has 0 spiro atoms. The molecule has 3 aromatic rings. The van der Waals surface area contributed by atoms with Gasteiger partial charge in [0.25, 0.3) is 5.91 Å². The maximum Gasteiger partial charge on any atom is 0.313 e. The lowest BCUT2D eigenvalue weighted by atomic mass is 10.3. The van der Waals surface area contributed by atoms with Crippen LogP contribution in [0.3, 0.4) is 0 Å². The van der Waals surface area contributed by atoms with E-state index in [1.54, 1.807) is 12.0 Å². The Balaban J connectivity index is 1.81. The lowest BCUT2D eigenvalue weighted by Gasteiger charge is -2.13. The average Bonchev–Trinajstić information content (AvgIpc) is 3.30. The number of anilines is 1. The number of aromatic nitrogens is 2. The molecule has 0 saturated heterocycles. The predicted molar refractivity (Wildman–Crippen MR) is 141 cm³/mol. The van der Waals surface area contributed by atoms with Gasteiger partial charge < -0.3 is 20.6 Å². The van der Waals surface area contributed by atoms with Crippen molar-refractivity contribution < 1.29 is 19.4 Å². The zero-order chi connectivity index (χ0) is 25.2. The Hall–Kier alpha value is -2.94. The van der Waals surface area contributed by atoms with Gasteiger partial charge in [-0.2, -0.15) is 5.10 Å². The van der Waals surface area contributed by atoms with Gasteiger partial charge in [-0.25, -0.2) is 9.97 Å². The van der Waals surface area contributed by atoms with Crippen LogP contribution in [0.25, 0.3) is 0 Å². The summed E-state index contributed by atoms with van der Waals surface area (Å²) in [5.74, 6) is 5.05. The summed E-state index contributed by atoms with van der Waals surface area (Å²) < 4.78 is 5.90. The predicted octanol–water partition coefficient (Wildman–Crippen LogP) is 4.01. The van der Waals surface area contributed by atoms with Crippen LogP contribution in [0.5, 0.6) is 5.75 Å². The van der Waals surface area contributed by atoms with Crippen LogP contribution in [-0.4, -0.2) is 64.0 Å². The molecule has 4 N–H and O–H groups in total. The number of benzene rings is 1. The SMILES string of the molecule is COc1ccc(Sc2ccc(SCN(C)C=NN)nc2C(=O)Nc2ncc(SCC(=O)O)s2)cc1. The Morgan fingerprint density at radius 2 is 2.03 bits per heavy atom. The number of nitrogens with one attached hydrogen (secondary N) is 1. The van der Waals surface area contributed by atoms with Gasteiger partial charge in [-0.15, -0.1) is 11.8 Å². The van der Waals surface area contributed by atoms with Crippen molar-refractivity contribution in [2.75, 3.05) is 31.1 Å². The highest BCUT2D eigenvalue weighted by Gasteiger charge is 2.18. The number of nitrogens with two attached hydrogens (primary N) is 1. The smallest absolute Gasteiger partial charge is 0.313 e. The fourth-order valence-electron chi connectivity index (χ4n) is 2.51. The molecule has 0 aliphatic rings. The van der Waals surface area contributed by atoms with Gasteiger partial charge in [0.15, 0.2) is 5.13 Å². The number of thiazole rings is 1. The maximum atomic E-state index is 13.2. The summed E-state index contributed by atoms with van der Waals surface area (Å²) in [7, 11) is 3.43. The average molecular weight is 551 g/mol. The molecule has 0 bridgehead atoms. The second-order valence-corrected chi connectivity index (χ2v) is 11.1. The molecular weight excluding hydrogens is 529 g/mol. The van der Waals surface area contributed by atoms with Crippen LogP contribution >= 0.6 is 46.6 Å². The zero-order valence-electron chi connectivity index (χ0n) is 18.7. The molecule has 0 saturated carbocycles. The molecule has 0 radical (unpaired) electrons. The summed E-state index contributed by atoms with van der Waals surface area (Å²) in [4.78, 5) is 36.1. The quantitative estimate of drug-likeness (QED) is 0.0751. The third-order valence-corrected chi connectivity index (χ3v) is 8.27. The van der Waals surface area contributed by atoms with Gasteiger partial charge in [0.05, 0.1) is 34.2 Å². The van der Waals surface area contributed by atoms with E-state index in [2.05, 4.69) is 20.4 Å². The number of hydrogen-bond acceptors (Lipinski definition) is 11. The second kappa shape index (κ2) is 13.2. The number of hydrogen-bond donors (Lipinski definition) is 3. The first-order valence-electron chi connectivity index (χ1n) is 9.89. The van der Waals surface area contributed by atoms with E-state index in [1.165, 1.54) is 47.4 Å². The van der Waals surface area contributed by atoms with Crippen molar-refractivity contribution >= 4 is 70.0 Å². The van der Waals surface area contributed by atoms with Crippen LogP contribution in [0.4, 0.5) is 5.13 Å². The normalized spacial score (nSPS) is 10.9. The second-order valence-electron chi connectivity index (χ2n) is 6.69. The molecule has 184 valence electrons. The molecule has 0 unspecified atom stereocenters. The van der Waals surface area contributed by atoms with Gasteiger partial charge in [-0.1, -0.05) is 34.9 Å². The van der Waals surface area contributed by atoms with Gasteiger partial charge in [0, 0.05) is 16.8 Å². The van der Waals surface area contributed by atoms with Gasteiger partial charge in [-0.05, 0) is 36.4 Å². The van der Waals surface area contributed by atoms with Crippen molar-refractivity contribution in [3.05, 3.63) is 48.3 Å². The van der Waals surface area contributed by atoms with Crippen LogP contribution in [0.15, 0.2) is 66.7 Å². The number of carboxylic acids is 1. The van der Waals surface area contributed by atoms with E-state index < -0.39 is 11.9 Å². The largest absolute Gasteiger partial charge is 0.497 e. The maximum absolute atomic E-state index is 13.2. The molecule has 2 heterocycles. The molecule has 1 aromatic carbocycles. The number of pyridine rings is 1. The monoisotopic (exact) mass is 550 g/mol. The lowest BCUT2D eigenvalue weighted by Crippen LogP contribution is -2.17. The van der Waals surface area contributed by atoms with E-state index in [0.29, 0.717) is 25.1 Å². The number of ether oxygens (including phenoxy) is 1. The van der Waals surface area contributed by atoms with Crippen LogP contribution < -0.4 is 15.9 Å². The first-order valence-corrected chi connectivity index (χ1v) is 13.5. The topological polar surface area (TPSA) is 143 Å². The van der Waals surface area contributed by atoms with Crippen molar-refractivity contribution in [1.82, 2.24) is 14.9 Å². The molecule has 0 aliphatic heterocycles. The summed E-state index contributed by atoms with van der Waals surface area (Å²) in [6.07, 6.45) is 3.03. The van der Waals surface area contributed by atoms with Crippen LogP contribution in [0.2, 0.25) is 0 Å². The van der Waals surface area contributed by atoms with Crippen molar-refractivity contribution in [1.29, 1.82) is 0 Å². The first-order chi connectivity index (χ1) is 16.9. The minimum Gasteiger partial charge on any atom is -0.497 e. The number of methoxy groups -OCH3 is 1. The number of rotatable bonds is 12. The third kappa shape index (κ3) is 8.35. The minimum absolute atomic E-state index is 0.0810. The van der Waals surface area contributed by atoms with E-state index >= 15 is 0 Å². The lowest BCUT2D eigenvalue weighted by molar-refractivity contribution is -0.133. The minimum atomic E-state index is -0.920. The van der Waals surface area contributed by atoms with Crippen molar-refractivity contribution in [2.45, 2.75) is 19.0 Å². The van der Waals surface area contributed by atoms with Crippen LogP contribution in [-0.2, 0) is 4.79 Å². The van der Waals surface area contributed by atoms with E-state index in [4.69, 9.17) is 15.7 Å². The molecule has 14 heteroatoms. The number of carbonyl (C=O) groups is 2. The summed E-state index contributed by atoms with van der Waals surface area (Å²) in [6, 6.07) is 11.2. The summed E-state index contributed by atoms with van der Waals surface area (Å²) in [5, 5.41) is 16.1. The number of carboxylic acid groups (broad SMARTS) is 1. The Labute approximate surface area is 218 Å². The van der Waals surface area contributed by atoms with Crippen molar-refractivity contribution in [2.24, 2.45) is 10.9 Å². The summed E-state index contributed by atoms with van der Waals surface area (Å²) in [5.41, 5.74) is 0.251.